The Labute approximate surface area is 142 Å². The summed E-state index contributed by atoms with van der Waals surface area (Å²) < 4.78 is 0. The largest absolute Gasteiger partial charge is 0.473 e. The van der Waals surface area contributed by atoms with Crippen LogP contribution in [0.2, 0.25) is 0 Å². The lowest BCUT2D eigenvalue weighted by atomic mass is 10.1. The number of nitrogens with zero attached hydrogens (tertiary/aromatic N) is 2. The molecule has 0 aromatic heterocycles. The van der Waals surface area contributed by atoms with E-state index in [-0.39, 0.29) is 0 Å². The van der Waals surface area contributed by atoms with Gasteiger partial charge in [-0.15, -0.1) is 0 Å². The summed E-state index contributed by atoms with van der Waals surface area (Å²) in [5.41, 5.74) is 1.45. The van der Waals surface area contributed by atoms with Crippen LogP contribution in [0, 0.1) is 0 Å². The van der Waals surface area contributed by atoms with Crippen LogP contribution in [0.25, 0.3) is 0 Å². The standard InChI is InChI=1S/C16H24N2.C2H2O4/c1-2-6-15(7-3-1)14-17-10-12-18(13-11-17)16-8-4-5-9-16;3-1(4)2(5)6/h1-3,6-7,16H,4-5,8-14H2;(H,3,4)(H,5,6). The van der Waals surface area contributed by atoms with E-state index in [0.29, 0.717) is 0 Å². The highest BCUT2D eigenvalue weighted by Crippen LogP contribution is 2.24. The average molecular weight is 334 g/mol. The fourth-order valence-electron chi connectivity index (χ4n) is 3.40. The van der Waals surface area contributed by atoms with Gasteiger partial charge in [-0.05, 0) is 18.4 Å². The molecular formula is C18H26N2O4. The minimum Gasteiger partial charge on any atom is -0.473 e. The van der Waals surface area contributed by atoms with Gasteiger partial charge in [0.2, 0.25) is 0 Å². The van der Waals surface area contributed by atoms with Crippen molar-refractivity contribution < 1.29 is 19.8 Å². The zero-order valence-corrected chi connectivity index (χ0v) is 13.9. The van der Waals surface area contributed by atoms with Crippen molar-refractivity contribution in [3.63, 3.8) is 0 Å². The van der Waals surface area contributed by atoms with E-state index in [4.69, 9.17) is 19.8 Å². The molecule has 0 amide bonds. The smallest absolute Gasteiger partial charge is 0.414 e. The van der Waals surface area contributed by atoms with Crippen LogP contribution in [0.15, 0.2) is 30.3 Å². The monoisotopic (exact) mass is 334 g/mol. The zero-order valence-electron chi connectivity index (χ0n) is 13.9. The van der Waals surface area contributed by atoms with Crippen molar-refractivity contribution in [2.75, 3.05) is 26.2 Å². The molecule has 0 unspecified atom stereocenters. The van der Waals surface area contributed by atoms with Crippen molar-refractivity contribution in [2.24, 2.45) is 0 Å². The molecule has 1 heterocycles. The summed E-state index contributed by atoms with van der Waals surface area (Å²) in [6, 6.07) is 11.8. The summed E-state index contributed by atoms with van der Waals surface area (Å²) in [6.07, 6.45) is 5.79. The van der Waals surface area contributed by atoms with Gasteiger partial charge in [0.25, 0.3) is 0 Å². The first kappa shape index (κ1) is 18.4. The van der Waals surface area contributed by atoms with E-state index < -0.39 is 11.9 Å². The van der Waals surface area contributed by atoms with Gasteiger partial charge in [-0.25, -0.2) is 9.59 Å². The number of rotatable bonds is 3. The summed E-state index contributed by atoms with van der Waals surface area (Å²) in [4.78, 5) is 23.5. The molecule has 1 aliphatic heterocycles. The molecule has 0 spiro atoms. The quantitative estimate of drug-likeness (QED) is 0.822. The molecule has 132 valence electrons. The van der Waals surface area contributed by atoms with Gasteiger partial charge < -0.3 is 10.2 Å². The first-order valence-electron chi connectivity index (χ1n) is 8.53. The van der Waals surface area contributed by atoms with Gasteiger partial charge in [0, 0.05) is 38.8 Å². The van der Waals surface area contributed by atoms with Gasteiger partial charge in [0.1, 0.15) is 0 Å². The molecule has 0 bridgehead atoms. The minimum atomic E-state index is -1.82. The summed E-state index contributed by atoms with van der Waals surface area (Å²) in [5.74, 6) is -3.65. The van der Waals surface area contributed by atoms with Gasteiger partial charge in [-0.1, -0.05) is 43.2 Å². The van der Waals surface area contributed by atoms with Crippen molar-refractivity contribution >= 4 is 11.9 Å². The van der Waals surface area contributed by atoms with Crippen LogP contribution in [0.4, 0.5) is 0 Å². The number of carboxylic acids is 2. The SMILES string of the molecule is O=C(O)C(=O)O.c1ccc(CN2CCN(C3CCCC3)CC2)cc1. The summed E-state index contributed by atoms with van der Waals surface area (Å²) >= 11 is 0. The van der Waals surface area contributed by atoms with Crippen molar-refractivity contribution in [3.8, 4) is 0 Å². The van der Waals surface area contributed by atoms with E-state index in [9.17, 15) is 0 Å². The third-order valence-corrected chi connectivity index (χ3v) is 4.68. The lowest BCUT2D eigenvalue weighted by Crippen LogP contribution is -2.49. The second kappa shape index (κ2) is 9.39. The lowest BCUT2D eigenvalue weighted by Gasteiger charge is -2.38. The van der Waals surface area contributed by atoms with Crippen LogP contribution in [0.1, 0.15) is 31.2 Å². The van der Waals surface area contributed by atoms with Gasteiger partial charge in [-0.3, -0.25) is 9.80 Å². The summed E-state index contributed by atoms with van der Waals surface area (Å²) in [5, 5.41) is 14.8. The number of benzene rings is 1. The molecule has 6 heteroatoms. The van der Waals surface area contributed by atoms with Gasteiger partial charge in [0.05, 0.1) is 0 Å². The Hall–Kier alpha value is -1.92. The second-order valence-electron chi connectivity index (χ2n) is 6.35. The molecule has 1 aliphatic carbocycles. The maximum atomic E-state index is 9.10. The molecule has 24 heavy (non-hydrogen) atoms. The maximum absolute atomic E-state index is 9.10. The van der Waals surface area contributed by atoms with E-state index >= 15 is 0 Å². The normalized spacial score (nSPS) is 19.5. The lowest BCUT2D eigenvalue weighted by molar-refractivity contribution is -0.159. The summed E-state index contributed by atoms with van der Waals surface area (Å²) in [7, 11) is 0. The number of carboxylic acid groups (broad SMARTS) is 2. The molecule has 2 N–H and O–H groups in total. The number of carbonyl (C=O) groups is 2. The highest BCUT2D eigenvalue weighted by molar-refractivity contribution is 6.27. The van der Waals surface area contributed by atoms with E-state index in [2.05, 4.69) is 40.1 Å². The number of hydrogen-bond acceptors (Lipinski definition) is 4. The number of hydrogen-bond donors (Lipinski definition) is 2. The fourth-order valence-corrected chi connectivity index (χ4v) is 3.40. The van der Waals surface area contributed by atoms with E-state index in [1.165, 1.54) is 57.4 Å². The Morgan fingerprint density at radius 2 is 1.46 bits per heavy atom. The summed E-state index contributed by atoms with van der Waals surface area (Å²) in [6.45, 7) is 6.16. The van der Waals surface area contributed by atoms with Gasteiger partial charge in [0.15, 0.2) is 0 Å². The Bertz CT molecular complexity index is 509. The van der Waals surface area contributed by atoms with Crippen molar-refractivity contribution in [2.45, 2.75) is 38.3 Å². The Kier molecular flexibility index (Phi) is 7.21. The molecular weight excluding hydrogens is 308 g/mol. The third-order valence-electron chi connectivity index (χ3n) is 4.68. The molecule has 2 aliphatic rings. The Morgan fingerprint density at radius 3 is 1.96 bits per heavy atom. The molecule has 0 atom stereocenters. The molecule has 0 radical (unpaired) electrons. The highest BCUT2D eigenvalue weighted by Gasteiger charge is 2.25. The zero-order chi connectivity index (χ0) is 17.4. The minimum absolute atomic E-state index is 0.906. The van der Waals surface area contributed by atoms with E-state index in [1.54, 1.807) is 0 Å². The van der Waals surface area contributed by atoms with Crippen molar-refractivity contribution in [1.82, 2.24) is 9.80 Å². The molecule has 1 aromatic rings. The van der Waals surface area contributed by atoms with E-state index in [0.717, 1.165) is 12.6 Å². The predicted octanol–water partition coefficient (Wildman–Crippen LogP) is 1.90. The molecule has 2 fully saturated rings. The van der Waals surface area contributed by atoms with Crippen LogP contribution in [0.5, 0.6) is 0 Å². The maximum Gasteiger partial charge on any atom is 0.414 e. The third kappa shape index (κ3) is 5.94. The molecule has 3 rings (SSSR count). The van der Waals surface area contributed by atoms with Crippen LogP contribution in [0.3, 0.4) is 0 Å². The number of piperazine rings is 1. The first-order chi connectivity index (χ1) is 11.6. The Balaban J connectivity index is 0.000000301. The highest BCUT2D eigenvalue weighted by atomic mass is 16.4. The van der Waals surface area contributed by atoms with Crippen LogP contribution >= 0.6 is 0 Å². The average Bonchev–Trinajstić information content (AvgIpc) is 3.11. The fraction of sp³-hybridized carbons (Fsp3) is 0.556. The molecule has 1 saturated carbocycles. The number of aliphatic carboxylic acids is 2. The van der Waals surface area contributed by atoms with Crippen molar-refractivity contribution in [1.29, 1.82) is 0 Å². The topological polar surface area (TPSA) is 81.1 Å². The van der Waals surface area contributed by atoms with Crippen molar-refractivity contribution in [3.05, 3.63) is 35.9 Å². The van der Waals surface area contributed by atoms with Crippen LogP contribution < -0.4 is 0 Å². The van der Waals surface area contributed by atoms with Crippen LogP contribution in [-0.2, 0) is 16.1 Å². The van der Waals surface area contributed by atoms with E-state index in [1.807, 2.05) is 0 Å². The predicted molar refractivity (Wildman–Crippen MR) is 90.8 cm³/mol. The van der Waals surface area contributed by atoms with Gasteiger partial charge >= 0.3 is 11.9 Å². The molecule has 1 saturated heterocycles. The van der Waals surface area contributed by atoms with Gasteiger partial charge in [-0.2, -0.15) is 0 Å². The van der Waals surface area contributed by atoms with Crippen LogP contribution in [-0.4, -0.2) is 64.2 Å². The molecule has 6 nitrogen and oxygen atoms in total. The first-order valence-corrected chi connectivity index (χ1v) is 8.53. The second-order valence-corrected chi connectivity index (χ2v) is 6.35. The Morgan fingerprint density at radius 1 is 0.917 bits per heavy atom. The molecule has 1 aromatic carbocycles.